The SMILES string of the molecule is CC(N)c1ccc(F)cc1Cc1nccs1. The summed E-state index contributed by atoms with van der Waals surface area (Å²) in [5.74, 6) is -0.226. The number of benzene rings is 1. The standard InChI is InChI=1S/C12H13FN2S/c1-8(14)11-3-2-10(13)6-9(11)7-12-15-4-5-16-12/h2-6,8H,7,14H2,1H3. The number of aromatic nitrogens is 1. The molecule has 0 saturated heterocycles. The number of thiazole rings is 1. The van der Waals surface area contributed by atoms with E-state index >= 15 is 0 Å². The molecule has 16 heavy (non-hydrogen) atoms. The van der Waals surface area contributed by atoms with Gasteiger partial charge < -0.3 is 5.73 Å². The van der Waals surface area contributed by atoms with E-state index in [1.807, 2.05) is 12.3 Å². The lowest BCUT2D eigenvalue weighted by atomic mass is 10.00. The lowest BCUT2D eigenvalue weighted by Gasteiger charge is -2.11. The molecule has 1 aromatic heterocycles. The number of nitrogens with two attached hydrogens (primary N) is 1. The molecule has 0 aliphatic rings. The molecular weight excluding hydrogens is 223 g/mol. The van der Waals surface area contributed by atoms with Gasteiger partial charge in [0.25, 0.3) is 0 Å². The molecule has 4 heteroatoms. The summed E-state index contributed by atoms with van der Waals surface area (Å²) in [6.45, 7) is 1.90. The van der Waals surface area contributed by atoms with Crippen LogP contribution in [0.1, 0.15) is 29.1 Å². The second kappa shape index (κ2) is 4.72. The summed E-state index contributed by atoms with van der Waals surface area (Å²) in [5.41, 5.74) is 7.76. The summed E-state index contributed by atoms with van der Waals surface area (Å²) in [5, 5.41) is 2.90. The molecule has 0 amide bonds. The highest BCUT2D eigenvalue weighted by molar-refractivity contribution is 7.09. The fourth-order valence-corrected chi connectivity index (χ4v) is 2.31. The third kappa shape index (κ3) is 2.46. The minimum Gasteiger partial charge on any atom is -0.324 e. The maximum atomic E-state index is 13.2. The predicted molar refractivity (Wildman–Crippen MR) is 63.9 cm³/mol. The minimum atomic E-state index is -0.226. The molecule has 0 fully saturated rings. The van der Waals surface area contributed by atoms with Crippen molar-refractivity contribution in [2.45, 2.75) is 19.4 Å². The van der Waals surface area contributed by atoms with E-state index < -0.39 is 0 Å². The van der Waals surface area contributed by atoms with Gasteiger partial charge in [0.15, 0.2) is 0 Å². The molecule has 1 unspecified atom stereocenters. The second-order valence-electron chi connectivity index (χ2n) is 3.73. The van der Waals surface area contributed by atoms with E-state index in [9.17, 15) is 4.39 Å². The Kier molecular flexibility index (Phi) is 3.31. The Morgan fingerprint density at radius 2 is 2.31 bits per heavy atom. The Labute approximate surface area is 97.9 Å². The van der Waals surface area contributed by atoms with Crippen LogP contribution in [0, 0.1) is 5.82 Å². The first-order chi connectivity index (χ1) is 7.66. The Balaban J connectivity index is 2.34. The molecule has 0 spiro atoms. The van der Waals surface area contributed by atoms with Crippen molar-refractivity contribution in [3.63, 3.8) is 0 Å². The normalized spacial score (nSPS) is 12.7. The summed E-state index contributed by atoms with van der Waals surface area (Å²) >= 11 is 1.57. The fraction of sp³-hybridized carbons (Fsp3) is 0.250. The van der Waals surface area contributed by atoms with Crippen LogP contribution in [-0.4, -0.2) is 4.98 Å². The largest absolute Gasteiger partial charge is 0.324 e. The number of rotatable bonds is 3. The first-order valence-electron chi connectivity index (χ1n) is 5.09. The number of hydrogen-bond acceptors (Lipinski definition) is 3. The van der Waals surface area contributed by atoms with Crippen LogP contribution in [-0.2, 0) is 6.42 Å². The lowest BCUT2D eigenvalue weighted by molar-refractivity contribution is 0.623. The van der Waals surface area contributed by atoms with Gasteiger partial charge in [0.05, 0.1) is 5.01 Å². The van der Waals surface area contributed by atoms with Gasteiger partial charge in [0, 0.05) is 24.0 Å². The van der Waals surface area contributed by atoms with Gasteiger partial charge in [-0.3, -0.25) is 0 Å². The summed E-state index contributed by atoms with van der Waals surface area (Å²) < 4.78 is 13.2. The van der Waals surface area contributed by atoms with Gasteiger partial charge in [-0.15, -0.1) is 11.3 Å². The third-order valence-corrected chi connectivity index (χ3v) is 3.20. The highest BCUT2D eigenvalue weighted by Crippen LogP contribution is 2.21. The zero-order valence-electron chi connectivity index (χ0n) is 8.98. The van der Waals surface area contributed by atoms with Crippen LogP contribution in [0.3, 0.4) is 0 Å². The van der Waals surface area contributed by atoms with E-state index in [1.54, 1.807) is 29.7 Å². The van der Waals surface area contributed by atoms with Crippen LogP contribution in [0.5, 0.6) is 0 Å². The Bertz CT molecular complexity index is 466. The maximum Gasteiger partial charge on any atom is 0.123 e. The lowest BCUT2D eigenvalue weighted by Crippen LogP contribution is -2.09. The molecule has 1 atom stereocenters. The number of nitrogens with zero attached hydrogens (tertiary/aromatic N) is 1. The molecule has 0 aliphatic carbocycles. The maximum absolute atomic E-state index is 13.2. The van der Waals surface area contributed by atoms with Crippen LogP contribution in [0.25, 0.3) is 0 Å². The van der Waals surface area contributed by atoms with E-state index in [2.05, 4.69) is 4.98 Å². The summed E-state index contributed by atoms with van der Waals surface area (Å²) in [6, 6.07) is 4.66. The van der Waals surface area contributed by atoms with Gasteiger partial charge in [-0.1, -0.05) is 6.07 Å². The smallest absolute Gasteiger partial charge is 0.123 e. The first-order valence-corrected chi connectivity index (χ1v) is 5.97. The second-order valence-corrected chi connectivity index (χ2v) is 4.71. The highest BCUT2D eigenvalue weighted by Gasteiger charge is 2.09. The zero-order chi connectivity index (χ0) is 11.5. The van der Waals surface area contributed by atoms with Gasteiger partial charge in [-0.2, -0.15) is 0 Å². The van der Waals surface area contributed by atoms with Gasteiger partial charge in [0.1, 0.15) is 5.82 Å². The monoisotopic (exact) mass is 236 g/mol. The zero-order valence-corrected chi connectivity index (χ0v) is 9.80. The molecule has 2 rings (SSSR count). The summed E-state index contributed by atoms with van der Waals surface area (Å²) in [6.07, 6.45) is 2.40. The van der Waals surface area contributed by atoms with Crippen molar-refractivity contribution in [3.05, 3.63) is 51.7 Å². The molecule has 84 valence electrons. The molecule has 1 aromatic carbocycles. The Morgan fingerprint density at radius 3 is 2.94 bits per heavy atom. The van der Waals surface area contributed by atoms with Crippen molar-refractivity contribution in [3.8, 4) is 0 Å². The predicted octanol–water partition coefficient (Wildman–Crippen LogP) is 2.89. The van der Waals surface area contributed by atoms with Gasteiger partial charge >= 0.3 is 0 Å². The molecule has 2 N–H and O–H groups in total. The molecule has 0 bridgehead atoms. The number of hydrogen-bond donors (Lipinski definition) is 1. The molecule has 0 aliphatic heterocycles. The van der Waals surface area contributed by atoms with Crippen LogP contribution in [0.4, 0.5) is 4.39 Å². The fourth-order valence-electron chi connectivity index (χ4n) is 1.67. The van der Waals surface area contributed by atoms with E-state index in [1.165, 1.54) is 6.07 Å². The third-order valence-electron chi connectivity index (χ3n) is 2.42. The minimum absolute atomic E-state index is 0.0874. The summed E-state index contributed by atoms with van der Waals surface area (Å²) in [7, 11) is 0. The van der Waals surface area contributed by atoms with Crippen LogP contribution >= 0.6 is 11.3 Å². The van der Waals surface area contributed by atoms with Crippen molar-refractivity contribution in [2.75, 3.05) is 0 Å². The Hall–Kier alpha value is -1.26. The van der Waals surface area contributed by atoms with Crippen molar-refractivity contribution in [1.82, 2.24) is 4.98 Å². The highest BCUT2D eigenvalue weighted by atomic mass is 32.1. The van der Waals surface area contributed by atoms with Crippen LogP contribution in [0.2, 0.25) is 0 Å². The first kappa shape index (κ1) is 11.2. The topological polar surface area (TPSA) is 38.9 Å². The average Bonchev–Trinajstić information content (AvgIpc) is 2.70. The molecule has 2 aromatic rings. The Morgan fingerprint density at radius 1 is 1.50 bits per heavy atom. The van der Waals surface area contributed by atoms with E-state index in [0.29, 0.717) is 6.42 Å². The van der Waals surface area contributed by atoms with Crippen molar-refractivity contribution in [2.24, 2.45) is 5.73 Å². The molecule has 0 radical (unpaired) electrons. The average molecular weight is 236 g/mol. The van der Waals surface area contributed by atoms with Gasteiger partial charge in [-0.05, 0) is 30.2 Å². The summed E-state index contributed by atoms with van der Waals surface area (Å²) in [4.78, 5) is 4.20. The van der Waals surface area contributed by atoms with Crippen molar-refractivity contribution in [1.29, 1.82) is 0 Å². The molecular formula is C12H13FN2S. The molecule has 0 saturated carbocycles. The van der Waals surface area contributed by atoms with E-state index in [4.69, 9.17) is 5.73 Å². The number of halogens is 1. The quantitative estimate of drug-likeness (QED) is 0.890. The van der Waals surface area contributed by atoms with Crippen LogP contribution < -0.4 is 5.73 Å². The van der Waals surface area contributed by atoms with Crippen molar-refractivity contribution >= 4 is 11.3 Å². The molecule has 2 nitrogen and oxygen atoms in total. The van der Waals surface area contributed by atoms with Gasteiger partial charge in [-0.25, -0.2) is 9.37 Å². The van der Waals surface area contributed by atoms with Crippen molar-refractivity contribution < 1.29 is 4.39 Å². The molecule has 1 heterocycles. The van der Waals surface area contributed by atoms with Crippen LogP contribution in [0.15, 0.2) is 29.8 Å². The van der Waals surface area contributed by atoms with Gasteiger partial charge in [0.2, 0.25) is 0 Å². The van der Waals surface area contributed by atoms with E-state index in [-0.39, 0.29) is 11.9 Å². The van der Waals surface area contributed by atoms with E-state index in [0.717, 1.165) is 16.1 Å².